The van der Waals surface area contributed by atoms with Crippen LogP contribution in [-0.2, 0) is 17.9 Å². The summed E-state index contributed by atoms with van der Waals surface area (Å²) in [4.78, 5) is 47.8. The summed E-state index contributed by atoms with van der Waals surface area (Å²) in [6.45, 7) is -0.532. The Labute approximate surface area is 153 Å². The predicted octanol–water partition coefficient (Wildman–Crippen LogP) is 0.445. The number of hydrogen-bond donors (Lipinski definition) is 3. The van der Waals surface area contributed by atoms with Crippen LogP contribution < -0.4 is 17.0 Å². The highest BCUT2D eigenvalue weighted by Crippen LogP contribution is 2.19. The lowest BCUT2D eigenvalue weighted by Crippen LogP contribution is -2.44. The summed E-state index contributed by atoms with van der Waals surface area (Å²) in [7, 11) is 0. The van der Waals surface area contributed by atoms with Crippen LogP contribution in [0.2, 0.25) is 0 Å². The number of aromatic nitrogens is 2. The summed E-state index contributed by atoms with van der Waals surface area (Å²) in [5.74, 6) is -2.42. The minimum absolute atomic E-state index is 0.0383. The molecule has 3 aromatic rings. The molecule has 0 aliphatic heterocycles. The lowest BCUT2D eigenvalue weighted by atomic mass is 10.2. The van der Waals surface area contributed by atoms with Crippen molar-refractivity contribution in [2.75, 3.05) is 0 Å². The quantitative estimate of drug-likeness (QED) is 0.549. The summed E-state index contributed by atoms with van der Waals surface area (Å²) in [6.07, 6.45) is 0. The Morgan fingerprint density at radius 1 is 1.12 bits per heavy atom. The van der Waals surface area contributed by atoms with E-state index in [-0.39, 0.29) is 22.7 Å². The molecule has 136 valence electrons. The van der Waals surface area contributed by atoms with E-state index < -0.39 is 29.2 Å². The van der Waals surface area contributed by atoms with Gasteiger partial charge in [-0.25, -0.2) is 9.59 Å². The molecule has 26 heavy (non-hydrogen) atoms. The van der Waals surface area contributed by atoms with E-state index in [1.807, 2.05) is 0 Å². The van der Waals surface area contributed by atoms with Crippen molar-refractivity contribution in [3.63, 3.8) is 0 Å². The van der Waals surface area contributed by atoms with Crippen molar-refractivity contribution in [3.05, 3.63) is 54.2 Å². The maximum absolute atomic E-state index is 12.8. The van der Waals surface area contributed by atoms with Gasteiger partial charge in [0.2, 0.25) is 0 Å². The van der Waals surface area contributed by atoms with Crippen LogP contribution in [0.1, 0.15) is 15.2 Å². The molecule has 0 aromatic carbocycles. The van der Waals surface area contributed by atoms with E-state index in [1.54, 1.807) is 16.8 Å². The number of nitrogens with two attached hydrogens (primary N) is 1. The first-order chi connectivity index (χ1) is 12.3. The summed E-state index contributed by atoms with van der Waals surface area (Å²) in [6, 6.07) is 1.76. The van der Waals surface area contributed by atoms with E-state index >= 15 is 0 Å². The van der Waals surface area contributed by atoms with Gasteiger partial charge in [0.1, 0.15) is 15.6 Å². The van der Waals surface area contributed by atoms with Crippen LogP contribution in [0.25, 0.3) is 10.2 Å². The van der Waals surface area contributed by atoms with E-state index in [0.717, 1.165) is 31.8 Å². The first kappa shape index (κ1) is 18.0. The number of carboxylic acid groups (broad SMARTS) is 2. The summed E-state index contributed by atoms with van der Waals surface area (Å²) in [5.41, 5.74) is 4.89. The smallest absolute Gasteiger partial charge is 0.346 e. The molecule has 0 radical (unpaired) electrons. The molecule has 0 saturated heterocycles. The SMILES string of the molecule is N[C@@H](Cn1c(=O)n(Cc2ccsc2C(=O)O)c(=O)c2sccc21)C(=O)O. The van der Waals surface area contributed by atoms with Crippen molar-refractivity contribution >= 4 is 44.8 Å². The van der Waals surface area contributed by atoms with E-state index in [9.17, 15) is 24.3 Å². The maximum atomic E-state index is 12.8. The summed E-state index contributed by atoms with van der Waals surface area (Å²) >= 11 is 2.11. The van der Waals surface area contributed by atoms with Crippen LogP contribution in [0.15, 0.2) is 32.5 Å². The number of nitrogens with zero attached hydrogens (tertiary/aromatic N) is 2. The topological polar surface area (TPSA) is 145 Å². The third-order valence-electron chi connectivity index (χ3n) is 3.80. The van der Waals surface area contributed by atoms with Gasteiger partial charge in [-0.15, -0.1) is 22.7 Å². The first-order valence-corrected chi connectivity index (χ1v) is 9.06. The second kappa shape index (κ2) is 6.86. The van der Waals surface area contributed by atoms with Crippen molar-refractivity contribution < 1.29 is 19.8 Å². The number of aromatic carboxylic acids is 1. The molecule has 4 N–H and O–H groups in total. The number of carboxylic acids is 2. The summed E-state index contributed by atoms with van der Waals surface area (Å²) in [5, 5.41) is 21.4. The van der Waals surface area contributed by atoms with Crippen LogP contribution in [0.5, 0.6) is 0 Å². The van der Waals surface area contributed by atoms with Gasteiger partial charge in [-0.05, 0) is 28.5 Å². The highest BCUT2D eigenvalue weighted by atomic mass is 32.1. The third-order valence-corrected chi connectivity index (χ3v) is 5.64. The van der Waals surface area contributed by atoms with Crippen molar-refractivity contribution in [2.24, 2.45) is 5.73 Å². The molecule has 3 heterocycles. The molecule has 0 aliphatic rings. The fraction of sp³-hybridized carbons (Fsp3) is 0.200. The van der Waals surface area contributed by atoms with Gasteiger partial charge < -0.3 is 15.9 Å². The van der Waals surface area contributed by atoms with E-state index in [0.29, 0.717) is 11.1 Å². The van der Waals surface area contributed by atoms with Gasteiger partial charge in [0.15, 0.2) is 0 Å². The average molecular weight is 395 g/mol. The molecule has 1 atom stereocenters. The van der Waals surface area contributed by atoms with E-state index in [4.69, 9.17) is 10.8 Å². The molecule has 0 spiro atoms. The Balaban J connectivity index is 2.18. The molecule has 9 nitrogen and oxygen atoms in total. The molecule has 0 unspecified atom stereocenters. The van der Waals surface area contributed by atoms with Crippen LogP contribution in [0.3, 0.4) is 0 Å². The predicted molar refractivity (Wildman–Crippen MR) is 96.3 cm³/mol. The Kier molecular flexibility index (Phi) is 4.76. The van der Waals surface area contributed by atoms with Gasteiger partial charge in [0, 0.05) is 0 Å². The number of aliphatic carboxylic acids is 1. The van der Waals surface area contributed by atoms with Crippen molar-refractivity contribution in [1.82, 2.24) is 9.13 Å². The molecule has 0 fully saturated rings. The zero-order valence-electron chi connectivity index (χ0n) is 13.1. The molecule has 0 aliphatic carbocycles. The monoisotopic (exact) mass is 395 g/mol. The van der Waals surface area contributed by atoms with Crippen molar-refractivity contribution in [1.29, 1.82) is 0 Å². The van der Waals surface area contributed by atoms with Gasteiger partial charge >= 0.3 is 17.6 Å². The van der Waals surface area contributed by atoms with Gasteiger partial charge in [-0.2, -0.15) is 0 Å². The number of thiophene rings is 2. The first-order valence-electron chi connectivity index (χ1n) is 7.30. The van der Waals surface area contributed by atoms with Gasteiger partial charge in [0.05, 0.1) is 18.6 Å². The largest absolute Gasteiger partial charge is 0.480 e. The van der Waals surface area contributed by atoms with Crippen LogP contribution in [0, 0.1) is 0 Å². The Morgan fingerprint density at radius 3 is 2.46 bits per heavy atom. The lowest BCUT2D eigenvalue weighted by Gasteiger charge is -2.14. The normalized spacial score (nSPS) is 12.3. The minimum Gasteiger partial charge on any atom is -0.480 e. The molecule has 3 rings (SSSR count). The molecular weight excluding hydrogens is 382 g/mol. The Morgan fingerprint density at radius 2 is 1.81 bits per heavy atom. The van der Waals surface area contributed by atoms with E-state index in [2.05, 4.69) is 0 Å². The Bertz CT molecular complexity index is 1120. The van der Waals surface area contributed by atoms with Crippen LogP contribution in [0.4, 0.5) is 0 Å². The number of carbonyl (C=O) groups is 2. The van der Waals surface area contributed by atoms with Gasteiger partial charge in [-0.3, -0.25) is 18.7 Å². The van der Waals surface area contributed by atoms with Crippen molar-refractivity contribution in [3.8, 4) is 0 Å². The van der Waals surface area contributed by atoms with Gasteiger partial charge in [-0.1, -0.05) is 0 Å². The standard InChI is InChI=1S/C15H13N3O6S2/c16-8(13(20)21)6-17-9-2-4-26-11(9)12(19)18(15(17)24)5-7-1-3-25-10(7)14(22)23/h1-4,8H,5-6,16H2,(H,20,21)(H,22,23)/t8-/m0/s1. The molecule has 11 heteroatoms. The third kappa shape index (κ3) is 3.07. The molecule has 0 saturated carbocycles. The van der Waals surface area contributed by atoms with Crippen LogP contribution in [-0.4, -0.2) is 37.3 Å². The fourth-order valence-electron chi connectivity index (χ4n) is 2.54. The second-order valence-electron chi connectivity index (χ2n) is 5.44. The highest BCUT2D eigenvalue weighted by molar-refractivity contribution is 7.17. The second-order valence-corrected chi connectivity index (χ2v) is 7.28. The van der Waals surface area contributed by atoms with Crippen molar-refractivity contribution in [2.45, 2.75) is 19.1 Å². The fourth-order valence-corrected chi connectivity index (χ4v) is 4.14. The molecular formula is C15H13N3O6S2. The zero-order valence-corrected chi connectivity index (χ0v) is 14.7. The highest BCUT2D eigenvalue weighted by Gasteiger charge is 2.21. The minimum atomic E-state index is -1.32. The van der Waals surface area contributed by atoms with E-state index in [1.165, 1.54) is 6.07 Å². The summed E-state index contributed by atoms with van der Waals surface area (Å²) < 4.78 is 2.31. The van der Waals surface area contributed by atoms with Gasteiger partial charge in [0.25, 0.3) is 5.56 Å². The zero-order chi connectivity index (χ0) is 19.0. The number of rotatable bonds is 6. The molecule has 0 bridgehead atoms. The number of fused-ring (bicyclic) bond motifs is 1. The molecule has 0 amide bonds. The number of hydrogen-bond acceptors (Lipinski definition) is 7. The lowest BCUT2D eigenvalue weighted by molar-refractivity contribution is -0.138. The molecule has 3 aromatic heterocycles. The maximum Gasteiger partial charge on any atom is 0.346 e. The Hall–Kier alpha value is -2.76. The van der Waals surface area contributed by atoms with Crippen LogP contribution >= 0.6 is 22.7 Å². The average Bonchev–Trinajstić information content (AvgIpc) is 3.24.